The van der Waals surface area contributed by atoms with Crippen molar-refractivity contribution in [1.82, 2.24) is 5.32 Å². The van der Waals surface area contributed by atoms with E-state index in [0.29, 0.717) is 12.6 Å². The van der Waals surface area contributed by atoms with Gasteiger partial charge in [-0.25, -0.2) is 0 Å². The number of benzene rings is 1. The van der Waals surface area contributed by atoms with Crippen LogP contribution in [0.25, 0.3) is 0 Å². The van der Waals surface area contributed by atoms with Gasteiger partial charge in [0.05, 0.1) is 5.60 Å². The van der Waals surface area contributed by atoms with E-state index in [0.717, 1.165) is 18.6 Å². The Hall–Kier alpha value is -0.510. The van der Waals surface area contributed by atoms with Crippen molar-refractivity contribution in [3.63, 3.8) is 0 Å². The van der Waals surface area contributed by atoms with Crippen LogP contribution in [0.5, 0.6) is 0 Å². The maximum atomic E-state index is 10.1. The van der Waals surface area contributed by atoms with E-state index in [1.165, 1.54) is 5.56 Å². The number of thioether (sulfide) groups is 1. The van der Waals surface area contributed by atoms with Crippen LogP contribution in [0.4, 0.5) is 0 Å². The van der Waals surface area contributed by atoms with Crippen LogP contribution in [-0.4, -0.2) is 35.3 Å². The van der Waals surface area contributed by atoms with Gasteiger partial charge in [-0.2, -0.15) is 11.8 Å². The van der Waals surface area contributed by atoms with Gasteiger partial charge in [-0.15, -0.1) is 0 Å². The van der Waals surface area contributed by atoms with Crippen LogP contribution in [0.2, 0.25) is 0 Å². The number of hydrogen-bond acceptors (Lipinski definition) is 3. The number of nitrogens with one attached hydrogen (secondary N) is 1. The van der Waals surface area contributed by atoms with Gasteiger partial charge in [0.25, 0.3) is 0 Å². The predicted octanol–water partition coefficient (Wildman–Crippen LogP) is 2.71. The summed E-state index contributed by atoms with van der Waals surface area (Å²) in [6.07, 6.45) is 4.12. The third-order valence-corrected chi connectivity index (χ3v) is 3.96. The Labute approximate surface area is 115 Å². The standard InChI is InChI=1S/C15H25NOS/c1-4-14(10-13-8-6-5-7-9-13)16-11-15(2,17)12-18-3/h5-9,14,16-17H,4,10-12H2,1-3H3. The van der Waals surface area contributed by atoms with Crippen molar-refractivity contribution in [3.05, 3.63) is 35.9 Å². The fourth-order valence-electron chi connectivity index (χ4n) is 1.99. The molecule has 0 heterocycles. The van der Waals surface area contributed by atoms with Gasteiger partial charge in [0, 0.05) is 18.3 Å². The highest BCUT2D eigenvalue weighted by Gasteiger charge is 2.20. The Kier molecular flexibility index (Phi) is 6.76. The largest absolute Gasteiger partial charge is 0.388 e. The van der Waals surface area contributed by atoms with Gasteiger partial charge in [-0.05, 0) is 31.6 Å². The Balaban J connectivity index is 2.43. The van der Waals surface area contributed by atoms with Crippen molar-refractivity contribution in [2.45, 2.75) is 38.3 Å². The molecule has 2 atom stereocenters. The number of rotatable bonds is 8. The molecule has 0 aliphatic carbocycles. The fraction of sp³-hybridized carbons (Fsp3) is 0.600. The van der Waals surface area contributed by atoms with Gasteiger partial charge in [-0.3, -0.25) is 0 Å². The lowest BCUT2D eigenvalue weighted by Crippen LogP contribution is -2.44. The molecule has 102 valence electrons. The van der Waals surface area contributed by atoms with Crippen molar-refractivity contribution in [1.29, 1.82) is 0 Å². The van der Waals surface area contributed by atoms with Crippen molar-refractivity contribution in [2.24, 2.45) is 0 Å². The van der Waals surface area contributed by atoms with Crippen LogP contribution in [0.15, 0.2) is 30.3 Å². The molecule has 0 amide bonds. The number of hydrogen-bond donors (Lipinski definition) is 2. The van der Waals surface area contributed by atoms with Crippen molar-refractivity contribution in [2.75, 3.05) is 18.6 Å². The molecule has 0 fully saturated rings. The van der Waals surface area contributed by atoms with E-state index in [2.05, 4.69) is 36.5 Å². The molecule has 1 aromatic rings. The Morgan fingerprint density at radius 2 is 2.00 bits per heavy atom. The Morgan fingerprint density at radius 3 is 2.56 bits per heavy atom. The molecule has 0 spiro atoms. The van der Waals surface area contributed by atoms with E-state index in [1.54, 1.807) is 11.8 Å². The molecular weight excluding hydrogens is 242 g/mol. The van der Waals surface area contributed by atoms with Gasteiger partial charge >= 0.3 is 0 Å². The summed E-state index contributed by atoms with van der Waals surface area (Å²) in [5.41, 5.74) is 0.727. The monoisotopic (exact) mass is 267 g/mol. The molecule has 0 aliphatic rings. The number of aliphatic hydroxyl groups is 1. The first kappa shape index (κ1) is 15.5. The summed E-state index contributed by atoms with van der Waals surface area (Å²) in [6, 6.07) is 10.9. The summed E-state index contributed by atoms with van der Waals surface area (Å²) in [7, 11) is 0. The second-order valence-corrected chi connectivity index (χ2v) is 5.97. The minimum atomic E-state index is -0.622. The average Bonchev–Trinajstić information content (AvgIpc) is 2.35. The van der Waals surface area contributed by atoms with E-state index in [1.807, 2.05) is 19.2 Å². The van der Waals surface area contributed by atoms with Crippen molar-refractivity contribution in [3.8, 4) is 0 Å². The molecule has 2 N–H and O–H groups in total. The normalized spacial score (nSPS) is 16.2. The molecule has 2 nitrogen and oxygen atoms in total. The van der Waals surface area contributed by atoms with Gasteiger partial charge in [0.2, 0.25) is 0 Å². The zero-order chi connectivity index (χ0) is 13.4. The SMILES string of the molecule is CCC(Cc1ccccc1)NCC(C)(O)CSC. The molecule has 18 heavy (non-hydrogen) atoms. The van der Waals surface area contributed by atoms with Crippen LogP contribution >= 0.6 is 11.8 Å². The molecule has 0 bridgehead atoms. The van der Waals surface area contributed by atoms with Crippen LogP contribution in [0, 0.1) is 0 Å². The van der Waals surface area contributed by atoms with E-state index in [9.17, 15) is 5.11 Å². The second kappa shape index (κ2) is 7.82. The van der Waals surface area contributed by atoms with Crippen molar-refractivity contribution < 1.29 is 5.11 Å². The molecule has 3 heteroatoms. The van der Waals surface area contributed by atoms with Gasteiger partial charge in [-0.1, -0.05) is 37.3 Å². The average molecular weight is 267 g/mol. The topological polar surface area (TPSA) is 32.3 Å². The predicted molar refractivity (Wildman–Crippen MR) is 81.2 cm³/mol. The summed E-state index contributed by atoms with van der Waals surface area (Å²) in [5, 5.41) is 13.6. The maximum Gasteiger partial charge on any atom is 0.0833 e. The van der Waals surface area contributed by atoms with Gasteiger partial charge < -0.3 is 10.4 Å². The Morgan fingerprint density at radius 1 is 1.33 bits per heavy atom. The van der Waals surface area contributed by atoms with E-state index in [-0.39, 0.29) is 0 Å². The molecule has 0 radical (unpaired) electrons. The zero-order valence-electron chi connectivity index (χ0n) is 11.6. The quantitative estimate of drug-likeness (QED) is 0.759. The van der Waals surface area contributed by atoms with E-state index >= 15 is 0 Å². The van der Waals surface area contributed by atoms with Gasteiger partial charge in [0.15, 0.2) is 0 Å². The molecule has 0 aromatic heterocycles. The van der Waals surface area contributed by atoms with E-state index in [4.69, 9.17) is 0 Å². The first-order chi connectivity index (χ1) is 8.57. The lowest BCUT2D eigenvalue weighted by molar-refractivity contribution is 0.0812. The molecule has 0 aliphatic heterocycles. The zero-order valence-corrected chi connectivity index (χ0v) is 12.5. The molecule has 0 saturated carbocycles. The summed E-state index contributed by atoms with van der Waals surface area (Å²) in [4.78, 5) is 0. The second-order valence-electron chi connectivity index (χ2n) is 5.11. The fourth-order valence-corrected chi connectivity index (χ4v) is 2.71. The lowest BCUT2D eigenvalue weighted by atomic mass is 10.0. The molecular formula is C15H25NOS. The van der Waals surface area contributed by atoms with E-state index < -0.39 is 5.60 Å². The van der Waals surface area contributed by atoms with Crippen LogP contribution in [0.3, 0.4) is 0 Å². The highest BCUT2D eigenvalue weighted by Crippen LogP contribution is 2.11. The molecule has 2 unspecified atom stereocenters. The smallest absolute Gasteiger partial charge is 0.0833 e. The maximum absolute atomic E-state index is 10.1. The van der Waals surface area contributed by atoms with Crippen LogP contribution < -0.4 is 5.32 Å². The first-order valence-electron chi connectivity index (χ1n) is 6.56. The highest BCUT2D eigenvalue weighted by molar-refractivity contribution is 7.98. The highest BCUT2D eigenvalue weighted by atomic mass is 32.2. The summed E-state index contributed by atoms with van der Waals surface area (Å²) in [5.74, 6) is 0.766. The summed E-state index contributed by atoms with van der Waals surface area (Å²) in [6.45, 7) is 4.73. The lowest BCUT2D eigenvalue weighted by Gasteiger charge is -2.26. The minimum absolute atomic E-state index is 0.431. The first-order valence-corrected chi connectivity index (χ1v) is 7.95. The Bertz CT molecular complexity index is 327. The van der Waals surface area contributed by atoms with Crippen molar-refractivity contribution >= 4 is 11.8 Å². The molecule has 0 saturated heterocycles. The minimum Gasteiger partial charge on any atom is -0.388 e. The molecule has 1 rings (SSSR count). The third kappa shape index (κ3) is 5.89. The molecule has 1 aromatic carbocycles. The van der Waals surface area contributed by atoms with Crippen LogP contribution in [0.1, 0.15) is 25.8 Å². The van der Waals surface area contributed by atoms with Gasteiger partial charge in [0.1, 0.15) is 0 Å². The summed E-state index contributed by atoms with van der Waals surface area (Å²) < 4.78 is 0. The summed E-state index contributed by atoms with van der Waals surface area (Å²) >= 11 is 1.68. The third-order valence-electron chi connectivity index (χ3n) is 3.04. The van der Waals surface area contributed by atoms with Crippen LogP contribution in [-0.2, 0) is 6.42 Å².